The summed E-state index contributed by atoms with van der Waals surface area (Å²) in [4.78, 5) is 12.4. The molecular weight excluding hydrogens is 272 g/mol. The van der Waals surface area contributed by atoms with Crippen LogP contribution in [-0.2, 0) is 14.6 Å². The molecule has 0 radical (unpaired) electrons. The molecule has 0 aromatic rings. The van der Waals surface area contributed by atoms with Crippen LogP contribution in [0.2, 0.25) is 0 Å². The molecule has 3 N–H and O–H groups in total. The number of hydrogen-bond acceptors (Lipinski definition) is 4. The Bertz CT molecular complexity index is 441. The molecule has 0 aromatic carbocycles. The molecule has 1 rings (SSSR count). The van der Waals surface area contributed by atoms with E-state index in [0.717, 1.165) is 0 Å². The van der Waals surface area contributed by atoms with Gasteiger partial charge in [0.25, 0.3) is 0 Å². The predicted octanol–water partition coefficient (Wildman–Crippen LogP) is 0.382. The fourth-order valence-corrected chi connectivity index (χ4v) is 4.32. The maximum absolute atomic E-state index is 12.3. The molecule has 1 unspecified atom stereocenters. The van der Waals surface area contributed by atoms with Crippen molar-refractivity contribution in [3.63, 3.8) is 0 Å². The highest BCUT2D eigenvalue weighted by molar-refractivity contribution is 7.91. The van der Waals surface area contributed by atoms with Crippen molar-refractivity contribution in [2.45, 2.75) is 39.2 Å². The fraction of sp³-hybridized carbons (Fsp3) is 0.818. The normalized spacial score (nSPS) is 22.7. The summed E-state index contributed by atoms with van der Waals surface area (Å²) in [5.41, 5.74) is 4.81. The van der Waals surface area contributed by atoms with Crippen molar-refractivity contribution in [3.05, 3.63) is 0 Å². The van der Waals surface area contributed by atoms with E-state index in [1.165, 1.54) is 0 Å². The lowest BCUT2D eigenvalue weighted by Gasteiger charge is -2.30. The van der Waals surface area contributed by atoms with E-state index in [1.807, 2.05) is 13.8 Å². The Balaban J connectivity index is 2.78. The first-order valence-corrected chi connectivity index (χ1v) is 8.31. The van der Waals surface area contributed by atoms with Crippen LogP contribution >= 0.6 is 12.2 Å². The van der Waals surface area contributed by atoms with Gasteiger partial charge in [0.15, 0.2) is 9.84 Å². The minimum atomic E-state index is -3.00. The zero-order valence-electron chi connectivity index (χ0n) is 10.7. The van der Waals surface area contributed by atoms with Crippen molar-refractivity contribution in [3.8, 4) is 0 Å². The largest absolute Gasteiger partial charge is 0.392 e. The first-order valence-electron chi connectivity index (χ1n) is 6.08. The number of nitrogens with two attached hydrogens (primary N) is 1. The number of rotatable bonds is 5. The second kappa shape index (κ2) is 5.52. The first kappa shape index (κ1) is 15.4. The Morgan fingerprint density at radius 1 is 1.44 bits per heavy atom. The molecule has 5 nitrogen and oxygen atoms in total. The third-order valence-electron chi connectivity index (χ3n) is 3.68. The van der Waals surface area contributed by atoms with Gasteiger partial charge in [-0.25, -0.2) is 8.42 Å². The number of carbonyl (C=O) groups excluding carboxylic acids is 1. The predicted molar refractivity (Wildman–Crippen MR) is 75.0 cm³/mol. The van der Waals surface area contributed by atoms with Gasteiger partial charge in [0, 0.05) is 6.04 Å². The quantitative estimate of drug-likeness (QED) is 0.715. The van der Waals surface area contributed by atoms with E-state index in [9.17, 15) is 13.2 Å². The molecule has 1 saturated heterocycles. The van der Waals surface area contributed by atoms with Crippen LogP contribution in [0, 0.1) is 5.41 Å². The van der Waals surface area contributed by atoms with E-state index in [0.29, 0.717) is 19.3 Å². The Morgan fingerprint density at radius 3 is 2.33 bits per heavy atom. The zero-order chi connectivity index (χ0) is 14.0. The Morgan fingerprint density at radius 2 is 2.00 bits per heavy atom. The highest BCUT2D eigenvalue weighted by Crippen LogP contribution is 2.28. The summed E-state index contributed by atoms with van der Waals surface area (Å²) in [6.45, 7) is 3.71. The maximum atomic E-state index is 12.3. The summed E-state index contributed by atoms with van der Waals surface area (Å²) in [5, 5.41) is 2.77. The molecule has 7 heteroatoms. The average Bonchev–Trinajstić information content (AvgIpc) is 2.60. The highest BCUT2D eigenvalue weighted by atomic mass is 32.2. The van der Waals surface area contributed by atoms with Crippen molar-refractivity contribution < 1.29 is 13.2 Å². The summed E-state index contributed by atoms with van der Waals surface area (Å²) >= 11 is 4.99. The van der Waals surface area contributed by atoms with Crippen LogP contribution in [0.4, 0.5) is 0 Å². The molecule has 18 heavy (non-hydrogen) atoms. The van der Waals surface area contributed by atoms with Crippen LogP contribution in [0.25, 0.3) is 0 Å². The molecule has 0 aliphatic carbocycles. The first-order chi connectivity index (χ1) is 8.27. The molecule has 0 spiro atoms. The topological polar surface area (TPSA) is 89.3 Å². The van der Waals surface area contributed by atoms with Gasteiger partial charge in [0.05, 0.1) is 21.9 Å². The standard InChI is InChI=1S/C11H20N2O3S2/c1-3-11(4-2,9(12)17)10(14)13-8-5-6-18(15,16)7-8/h8H,3-7H2,1-2H3,(H2,12,17)(H,13,14). The molecule has 1 aliphatic heterocycles. The Hall–Kier alpha value is -0.690. The summed E-state index contributed by atoms with van der Waals surface area (Å²) in [6.07, 6.45) is 1.50. The molecule has 104 valence electrons. The smallest absolute Gasteiger partial charge is 0.233 e. The molecular formula is C11H20N2O3S2. The van der Waals surface area contributed by atoms with Crippen LogP contribution in [-0.4, -0.2) is 36.9 Å². The molecule has 1 heterocycles. The number of amides is 1. The van der Waals surface area contributed by atoms with E-state index >= 15 is 0 Å². The fourth-order valence-electron chi connectivity index (χ4n) is 2.26. The summed E-state index contributed by atoms with van der Waals surface area (Å²) in [5.74, 6) is -0.0994. The summed E-state index contributed by atoms with van der Waals surface area (Å²) in [7, 11) is -3.00. The van der Waals surface area contributed by atoms with Crippen molar-refractivity contribution in [2.75, 3.05) is 11.5 Å². The molecule has 1 amide bonds. The summed E-state index contributed by atoms with van der Waals surface area (Å²) < 4.78 is 22.7. The van der Waals surface area contributed by atoms with Gasteiger partial charge in [0.1, 0.15) is 0 Å². The van der Waals surface area contributed by atoms with Crippen LogP contribution in [0.1, 0.15) is 33.1 Å². The van der Waals surface area contributed by atoms with Gasteiger partial charge in [-0.15, -0.1) is 0 Å². The molecule has 0 aromatic heterocycles. The Kier molecular flexibility index (Phi) is 4.72. The highest BCUT2D eigenvalue weighted by Gasteiger charge is 2.40. The molecule has 1 aliphatic rings. The molecule has 0 bridgehead atoms. The van der Waals surface area contributed by atoms with Gasteiger partial charge >= 0.3 is 0 Å². The van der Waals surface area contributed by atoms with Gasteiger partial charge < -0.3 is 11.1 Å². The third kappa shape index (κ3) is 3.00. The summed E-state index contributed by atoms with van der Waals surface area (Å²) in [6, 6.07) is -0.311. The van der Waals surface area contributed by atoms with Crippen LogP contribution in [0.5, 0.6) is 0 Å². The third-order valence-corrected chi connectivity index (χ3v) is 5.84. The van der Waals surface area contributed by atoms with Crippen molar-refractivity contribution in [1.82, 2.24) is 5.32 Å². The van der Waals surface area contributed by atoms with Crippen molar-refractivity contribution in [2.24, 2.45) is 11.1 Å². The average molecular weight is 292 g/mol. The second-order valence-corrected chi connectivity index (χ2v) is 7.40. The van der Waals surface area contributed by atoms with Gasteiger partial charge in [-0.2, -0.15) is 0 Å². The van der Waals surface area contributed by atoms with E-state index in [4.69, 9.17) is 18.0 Å². The van der Waals surface area contributed by atoms with Crippen LogP contribution < -0.4 is 11.1 Å². The van der Waals surface area contributed by atoms with Gasteiger partial charge in [-0.05, 0) is 19.3 Å². The van der Waals surface area contributed by atoms with Crippen molar-refractivity contribution >= 4 is 33.0 Å². The lowest BCUT2D eigenvalue weighted by atomic mass is 9.81. The molecule has 1 atom stereocenters. The zero-order valence-corrected chi connectivity index (χ0v) is 12.4. The minimum absolute atomic E-state index is 0.0135. The SMILES string of the molecule is CCC(CC)(C(=O)NC1CCS(=O)(=O)C1)C(N)=S. The number of hydrogen-bond donors (Lipinski definition) is 2. The van der Waals surface area contributed by atoms with Crippen molar-refractivity contribution in [1.29, 1.82) is 0 Å². The maximum Gasteiger partial charge on any atom is 0.233 e. The second-order valence-electron chi connectivity index (χ2n) is 4.73. The number of sulfone groups is 1. The number of carbonyl (C=O) groups is 1. The van der Waals surface area contributed by atoms with Gasteiger partial charge in [-0.3, -0.25) is 4.79 Å². The van der Waals surface area contributed by atoms with Crippen LogP contribution in [0.15, 0.2) is 0 Å². The molecule has 1 fully saturated rings. The minimum Gasteiger partial charge on any atom is -0.392 e. The van der Waals surface area contributed by atoms with E-state index in [1.54, 1.807) is 0 Å². The number of nitrogens with one attached hydrogen (secondary N) is 1. The monoisotopic (exact) mass is 292 g/mol. The molecule has 0 saturated carbocycles. The lowest BCUT2D eigenvalue weighted by Crippen LogP contribution is -2.51. The van der Waals surface area contributed by atoms with E-state index in [-0.39, 0.29) is 28.4 Å². The van der Waals surface area contributed by atoms with E-state index < -0.39 is 15.3 Å². The lowest BCUT2D eigenvalue weighted by molar-refractivity contribution is -0.128. The van der Waals surface area contributed by atoms with Gasteiger partial charge in [0.2, 0.25) is 5.91 Å². The number of thiocarbonyl (C=S) groups is 1. The van der Waals surface area contributed by atoms with E-state index in [2.05, 4.69) is 5.32 Å². The van der Waals surface area contributed by atoms with Gasteiger partial charge in [-0.1, -0.05) is 26.1 Å². The Labute approximate surface area is 113 Å². The van der Waals surface area contributed by atoms with Crippen LogP contribution in [0.3, 0.4) is 0 Å².